The number of rotatable bonds is 7. The molecule has 0 unspecified atom stereocenters. The summed E-state index contributed by atoms with van der Waals surface area (Å²) < 4.78 is 2.25. The van der Waals surface area contributed by atoms with Crippen molar-refractivity contribution < 1.29 is 4.79 Å². The van der Waals surface area contributed by atoms with Crippen LogP contribution in [0.4, 0.5) is 0 Å². The Hall–Kier alpha value is -1.89. The maximum Gasteiger partial charge on any atom is 0.233 e. The maximum atomic E-state index is 12.4. The van der Waals surface area contributed by atoms with Gasteiger partial charge in [0.1, 0.15) is 0 Å². The van der Waals surface area contributed by atoms with Crippen LogP contribution in [0.5, 0.6) is 0 Å². The fourth-order valence-corrected chi connectivity index (χ4v) is 4.44. The van der Waals surface area contributed by atoms with Crippen molar-refractivity contribution >= 4 is 17.7 Å². The molecule has 1 amide bonds. The third-order valence-electron chi connectivity index (χ3n) is 4.97. The first-order chi connectivity index (χ1) is 12.7. The van der Waals surface area contributed by atoms with E-state index in [9.17, 15) is 4.79 Å². The van der Waals surface area contributed by atoms with Gasteiger partial charge in [-0.05, 0) is 38.8 Å². The van der Waals surface area contributed by atoms with Crippen molar-refractivity contribution in [1.29, 1.82) is 0 Å². The van der Waals surface area contributed by atoms with Gasteiger partial charge in [0.05, 0.1) is 5.75 Å². The fraction of sp³-hybridized carbons (Fsp3) is 0.579. The molecule has 7 heteroatoms. The second kappa shape index (κ2) is 9.16. The lowest BCUT2D eigenvalue weighted by Gasteiger charge is -2.25. The van der Waals surface area contributed by atoms with Crippen LogP contribution in [0.2, 0.25) is 0 Å². The Morgan fingerprint density at radius 2 is 2.00 bits per heavy atom. The molecule has 140 valence electrons. The van der Waals surface area contributed by atoms with E-state index >= 15 is 0 Å². The van der Waals surface area contributed by atoms with E-state index in [1.54, 1.807) is 6.20 Å². The first kappa shape index (κ1) is 18.9. The minimum Gasteiger partial charge on any atom is -0.343 e. The number of aromatic nitrogens is 4. The zero-order valence-electron chi connectivity index (χ0n) is 15.6. The van der Waals surface area contributed by atoms with Crippen molar-refractivity contribution in [2.75, 3.05) is 18.8 Å². The summed E-state index contributed by atoms with van der Waals surface area (Å²) >= 11 is 1.50. The summed E-state index contributed by atoms with van der Waals surface area (Å²) in [6.07, 6.45) is 9.65. The van der Waals surface area contributed by atoms with Gasteiger partial charge in [-0.25, -0.2) is 0 Å². The highest BCUT2D eigenvalue weighted by Gasteiger charge is 2.24. The molecule has 1 fully saturated rings. The zero-order valence-corrected chi connectivity index (χ0v) is 16.4. The molecule has 6 nitrogen and oxygen atoms in total. The average molecular weight is 374 g/mol. The number of hydrogen-bond donors (Lipinski definition) is 0. The number of hydrogen-bond acceptors (Lipinski definition) is 5. The van der Waals surface area contributed by atoms with E-state index in [0.717, 1.165) is 42.5 Å². The maximum absolute atomic E-state index is 12.4. The Morgan fingerprint density at radius 3 is 2.65 bits per heavy atom. The van der Waals surface area contributed by atoms with Crippen LogP contribution >= 0.6 is 11.8 Å². The van der Waals surface area contributed by atoms with Crippen molar-refractivity contribution in [2.24, 2.45) is 0 Å². The summed E-state index contributed by atoms with van der Waals surface area (Å²) in [5.74, 6) is 1.42. The molecule has 26 heavy (non-hydrogen) atoms. The summed E-state index contributed by atoms with van der Waals surface area (Å²) in [5.41, 5.74) is 0.979. The Bertz CT molecular complexity index is 708. The molecule has 0 aliphatic heterocycles. The molecule has 0 N–H and O–H groups in total. The standard InChI is InChI=1S/C19H27N5OS/c1-3-23(4-2)17(25)14-26-19-22-21-18(15-9-8-12-20-13-15)24(19)16-10-6-5-7-11-16/h8-9,12-13,16H,3-7,10-11,14H2,1-2H3. The molecule has 0 aromatic carbocycles. The largest absolute Gasteiger partial charge is 0.343 e. The molecule has 2 heterocycles. The summed E-state index contributed by atoms with van der Waals surface area (Å²) in [6, 6.07) is 4.35. The summed E-state index contributed by atoms with van der Waals surface area (Å²) in [7, 11) is 0. The van der Waals surface area contributed by atoms with Crippen LogP contribution in [-0.4, -0.2) is 49.4 Å². The quantitative estimate of drug-likeness (QED) is 0.691. The number of pyridine rings is 1. The zero-order chi connectivity index (χ0) is 18.4. The number of carbonyl (C=O) groups is 1. The smallest absolute Gasteiger partial charge is 0.233 e. The molecule has 1 aliphatic carbocycles. The minimum atomic E-state index is 0.154. The van der Waals surface area contributed by atoms with Gasteiger partial charge < -0.3 is 4.90 Å². The van der Waals surface area contributed by atoms with E-state index in [0.29, 0.717) is 11.8 Å². The second-order valence-corrected chi connectivity index (χ2v) is 7.51. The van der Waals surface area contributed by atoms with Gasteiger partial charge in [0.2, 0.25) is 5.91 Å². The van der Waals surface area contributed by atoms with Crippen LogP contribution in [-0.2, 0) is 4.79 Å². The predicted molar refractivity (Wildman–Crippen MR) is 104 cm³/mol. The average Bonchev–Trinajstić information content (AvgIpc) is 3.12. The first-order valence-corrected chi connectivity index (χ1v) is 10.5. The van der Waals surface area contributed by atoms with Gasteiger partial charge >= 0.3 is 0 Å². The van der Waals surface area contributed by atoms with Crippen LogP contribution in [0.25, 0.3) is 11.4 Å². The normalized spacial score (nSPS) is 15.2. The summed E-state index contributed by atoms with van der Waals surface area (Å²) in [6.45, 7) is 5.51. The van der Waals surface area contributed by atoms with E-state index in [1.165, 1.54) is 31.0 Å². The molecule has 0 atom stereocenters. The van der Waals surface area contributed by atoms with E-state index in [2.05, 4.69) is 19.7 Å². The van der Waals surface area contributed by atoms with Gasteiger partial charge in [-0.3, -0.25) is 14.3 Å². The van der Waals surface area contributed by atoms with Crippen LogP contribution in [0, 0.1) is 0 Å². The molecule has 3 rings (SSSR count). The van der Waals surface area contributed by atoms with Crippen LogP contribution in [0.3, 0.4) is 0 Å². The van der Waals surface area contributed by atoms with Gasteiger partial charge in [0, 0.05) is 37.1 Å². The summed E-state index contributed by atoms with van der Waals surface area (Å²) in [4.78, 5) is 18.5. The van der Waals surface area contributed by atoms with E-state index in [-0.39, 0.29) is 5.91 Å². The Kier molecular flexibility index (Phi) is 6.66. The molecule has 0 saturated heterocycles. The molecular formula is C19H27N5OS. The van der Waals surface area contributed by atoms with Gasteiger partial charge in [0.15, 0.2) is 11.0 Å². The molecule has 2 aromatic heterocycles. The van der Waals surface area contributed by atoms with Crippen molar-refractivity contribution in [3.05, 3.63) is 24.5 Å². The third kappa shape index (κ3) is 4.26. The molecule has 2 aromatic rings. The van der Waals surface area contributed by atoms with Crippen LogP contribution in [0.15, 0.2) is 29.7 Å². The Labute approximate surface area is 159 Å². The van der Waals surface area contributed by atoms with Gasteiger partial charge in [-0.2, -0.15) is 0 Å². The van der Waals surface area contributed by atoms with Crippen molar-refractivity contribution in [2.45, 2.75) is 57.1 Å². The van der Waals surface area contributed by atoms with E-state index in [1.807, 2.05) is 37.1 Å². The van der Waals surface area contributed by atoms with Gasteiger partial charge in [-0.15, -0.1) is 10.2 Å². The Morgan fingerprint density at radius 1 is 1.23 bits per heavy atom. The van der Waals surface area contributed by atoms with Crippen molar-refractivity contribution in [3.8, 4) is 11.4 Å². The summed E-state index contributed by atoms with van der Waals surface area (Å²) in [5, 5.41) is 9.72. The number of carbonyl (C=O) groups excluding carboxylic acids is 1. The number of amides is 1. The lowest BCUT2D eigenvalue weighted by Crippen LogP contribution is -2.32. The van der Waals surface area contributed by atoms with Crippen molar-refractivity contribution in [3.63, 3.8) is 0 Å². The molecule has 0 radical (unpaired) electrons. The van der Waals surface area contributed by atoms with Crippen molar-refractivity contribution in [1.82, 2.24) is 24.6 Å². The highest BCUT2D eigenvalue weighted by atomic mass is 32.2. The van der Waals surface area contributed by atoms with Crippen LogP contribution < -0.4 is 0 Å². The van der Waals surface area contributed by atoms with Gasteiger partial charge in [-0.1, -0.05) is 31.0 Å². The van der Waals surface area contributed by atoms with Crippen LogP contribution in [0.1, 0.15) is 52.0 Å². The fourth-order valence-electron chi connectivity index (χ4n) is 3.53. The highest BCUT2D eigenvalue weighted by molar-refractivity contribution is 7.99. The lowest BCUT2D eigenvalue weighted by atomic mass is 9.95. The number of nitrogens with zero attached hydrogens (tertiary/aromatic N) is 5. The molecule has 1 aliphatic rings. The Balaban J connectivity index is 1.85. The second-order valence-electron chi connectivity index (χ2n) is 6.56. The monoisotopic (exact) mass is 373 g/mol. The topological polar surface area (TPSA) is 63.9 Å². The molecule has 0 spiro atoms. The predicted octanol–water partition coefficient (Wildman–Crippen LogP) is 3.81. The lowest BCUT2D eigenvalue weighted by molar-refractivity contribution is -0.127. The number of thioether (sulfide) groups is 1. The SMILES string of the molecule is CCN(CC)C(=O)CSc1nnc(-c2cccnc2)n1C1CCCCC1. The van der Waals surface area contributed by atoms with E-state index < -0.39 is 0 Å². The molecular weight excluding hydrogens is 346 g/mol. The van der Waals surface area contributed by atoms with Gasteiger partial charge in [0.25, 0.3) is 0 Å². The first-order valence-electron chi connectivity index (χ1n) is 9.50. The third-order valence-corrected chi connectivity index (χ3v) is 5.89. The highest BCUT2D eigenvalue weighted by Crippen LogP contribution is 2.35. The molecule has 1 saturated carbocycles. The minimum absolute atomic E-state index is 0.154. The molecule has 0 bridgehead atoms. The van der Waals surface area contributed by atoms with E-state index in [4.69, 9.17) is 0 Å².